The van der Waals surface area contributed by atoms with E-state index in [0.717, 1.165) is 4.68 Å². The lowest BCUT2D eigenvalue weighted by Gasteiger charge is -1.89. The average molecular weight is 190 g/mol. The molecule has 0 N–H and O–H groups in total. The fraction of sp³-hybridized carbons (Fsp3) is 0. The van der Waals surface area contributed by atoms with Gasteiger partial charge in [-0.05, 0) is 0 Å². The summed E-state index contributed by atoms with van der Waals surface area (Å²) in [6.45, 7) is 3.41. The van der Waals surface area contributed by atoms with Crippen molar-refractivity contribution < 1.29 is 4.42 Å². The second kappa shape index (κ2) is 3.25. The third-order valence-electron chi connectivity index (χ3n) is 1.55. The maximum atomic E-state index is 11.1. The first kappa shape index (κ1) is 8.36. The van der Waals surface area contributed by atoms with Crippen LogP contribution < -0.4 is 5.76 Å². The Balaban J connectivity index is 2.53. The Labute approximate surface area is 78.5 Å². The minimum atomic E-state index is -0.584. The Hall–Kier alpha value is -2.24. The van der Waals surface area contributed by atoms with Crippen LogP contribution in [0.4, 0.5) is 0 Å². The predicted molar refractivity (Wildman–Crippen MR) is 48.2 cm³/mol. The van der Waals surface area contributed by atoms with Crippen molar-refractivity contribution in [3.05, 3.63) is 35.9 Å². The van der Waals surface area contributed by atoms with Crippen LogP contribution in [0, 0.1) is 0 Å². The molecular formula is C8H6N4O2. The highest BCUT2D eigenvalue weighted by Crippen LogP contribution is 2.10. The van der Waals surface area contributed by atoms with Crippen LogP contribution in [-0.4, -0.2) is 19.7 Å². The average Bonchev–Trinajstić information content (AvgIpc) is 2.61. The molecular weight excluding hydrogens is 184 g/mol. The molecule has 0 spiro atoms. The van der Waals surface area contributed by atoms with Crippen LogP contribution in [0.5, 0.6) is 0 Å². The standard InChI is InChI=1S/C8H6N4O2/c1-2-12-8(13)14-7(11-12)6-3-9-5-10-4-6/h2-5H,1H2. The van der Waals surface area contributed by atoms with Gasteiger partial charge in [0, 0.05) is 18.6 Å². The number of aromatic nitrogens is 4. The summed E-state index contributed by atoms with van der Waals surface area (Å²) in [5.41, 5.74) is 0.546. The second-order valence-corrected chi connectivity index (χ2v) is 2.43. The third kappa shape index (κ3) is 1.33. The van der Waals surface area contributed by atoms with Crippen molar-refractivity contribution in [1.29, 1.82) is 0 Å². The van der Waals surface area contributed by atoms with Crippen LogP contribution in [0.3, 0.4) is 0 Å². The van der Waals surface area contributed by atoms with Gasteiger partial charge in [-0.1, -0.05) is 6.58 Å². The molecule has 2 aromatic rings. The maximum absolute atomic E-state index is 11.1. The highest BCUT2D eigenvalue weighted by atomic mass is 16.4. The Morgan fingerprint density at radius 2 is 2.14 bits per heavy atom. The molecule has 14 heavy (non-hydrogen) atoms. The summed E-state index contributed by atoms with van der Waals surface area (Å²) in [6, 6.07) is 0. The summed E-state index contributed by atoms with van der Waals surface area (Å²) in [7, 11) is 0. The van der Waals surface area contributed by atoms with Crippen LogP contribution in [0.1, 0.15) is 0 Å². The molecule has 0 saturated carbocycles. The van der Waals surface area contributed by atoms with Gasteiger partial charge in [-0.3, -0.25) is 0 Å². The van der Waals surface area contributed by atoms with E-state index in [1.54, 1.807) is 0 Å². The molecule has 0 aliphatic heterocycles. The van der Waals surface area contributed by atoms with E-state index in [1.807, 2.05) is 0 Å². The number of hydrogen-bond donors (Lipinski definition) is 0. The Morgan fingerprint density at radius 1 is 1.43 bits per heavy atom. The number of rotatable bonds is 2. The zero-order valence-corrected chi connectivity index (χ0v) is 7.12. The summed E-state index contributed by atoms with van der Waals surface area (Å²) in [5.74, 6) is -0.408. The zero-order valence-electron chi connectivity index (χ0n) is 7.12. The van der Waals surface area contributed by atoms with Gasteiger partial charge >= 0.3 is 5.76 Å². The van der Waals surface area contributed by atoms with Crippen molar-refractivity contribution in [2.24, 2.45) is 0 Å². The topological polar surface area (TPSA) is 73.8 Å². The highest BCUT2D eigenvalue weighted by Gasteiger charge is 2.07. The van der Waals surface area contributed by atoms with Gasteiger partial charge in [-0.2, -0.15) is 4.68 Å². The SMILES string of the molecule is C=Cn1nc(-c2cncnc2)oc1=O. The molecule has 0 bridgehead atoms. The van der Waals surface area contributed by atoms with Gasteiger partial charge in [0.25, 0.3) is 5.89 Å². The Kier molecular flexibility index (Phi) is 1.94. The normalized spacial score (nSPS) is 10.0. The molecule has 0 fully saturated rings. The van der Waals surface area contributed by atoms with E-state index in [0.29, 0.717) is 5.56 Å². The molecule has 0 radical (unpaired) electrons. The van der Waals surface area contributed by atoms with Crippen LogP contribution in [-0.2, 0) is 0 Å². The molecule has 70 valence electrons. The lowest BCUT2D eigenvalue weighted by molar-refractivity contribution is 0.519. The fourth-order valence-electron chi connectivity index (χ4n) is 0.930. The molecule has 0 aromatic carbocycles. The van der Waals surface area contributed by atoms with Crippen molar-refractivity contribution in [1.82, 2.24) is 19.7 Å². The first-order valence-electron chi connectivity index (χ1n) is 3.79. The zero-order chi connectivity index (χ0) is 9.97. The molecule has 2 rings (SSSR count). The van der Waals surface area contributed by atoms with Crippen LogP contribution in [0.2, 0.25) is 0 Å². The molecule has 2 heterocycles. The molecule has 6 heteroatoms. The van der Waals surface area contributed by atoms with Crippen molar-refractivity contribution in [3.63, 3.8) is 0 Å². The molecule has 0 aliphatic carbocycles. The van der Waals surface area contributed by atoms with E-state index >= 15 is 0 Å². The lowest BCUT2D eigenvalue weighted by atomic mass is 10.3. The number of nitrogens with zero attached hydrogens (tertiary/aromatic N) is 4. The predicted octanol–water partition coefficient (Wildman–Crippen LogP) is 0.394. The summed E-state index contributed by atoms with van der Waals surface area (Å²) in [6.07, 6.45) is 5.66. The quantitative estimate of drug-likeness (QED) is 0.684. The van der Waals surface area contributed by atoms with Gasteiger partial charge < -0.3 is 4.42 Å². The fourth-order valence-corrected chi connectivity index (χ4v) is 0.930. The molecule has 0 aliphatic rings. The molecule has 0 atom stereocenters. The van der Waals surface area contributed by atoms with Crippen LogP contribution in [0.25, 0.3) is 17.7 Å². The van der Waals surface area contributed by atoms with Crippen molar-refractivity contribution >= 4 is 6.20 Å². The van der Waals surface area contributed by atoms with Crippen LogP contribution in [0.15, 0.2) is 34.5 Å². The van der Waals surface area contributed by atoms with Crippen molar-refractivity contribution in [2.75, 3.05) is 0 Å². The van der Waals surface area contributed by atoms with E-state index in [2.05, 4.69) is 21.6 Å². The maximum Gasteiger partial charge on any atom is 0.441 e. The summed E-state index contributed by atoms with van der Waals surface area (Å²) >= 11 is 0. The van der Waals surface area contributed by atoms with Gasteiger partial charge in [-0.25, -0.2) is 14.8 Å². The molecule has 0 amide bonds. The molecule has 2 aromatic heterocycles. The Bertz CT molecular complexity index is 500. The van der Waals surface area contributed by atoms with Gasteiger partial charge in [0.05, 0.1) is 5.56 Å². The van der Waals surface area contributed by atoms with E-state index in [4.69, 9.17) is 4.42 Å². The summed E-state index contributed by atoms with van der Waals surface area (Å²) < 4.78 is 5.84. The molecule has 6 nitrogen and oxygen atoms in total. The van der Waals surface area contributed by atoms with Gasteiger partial charge in [0.15, 0.2) is 0 Å². The monoisotopic (exact) mass is 190 g/mol. The molecule has 0 saturated heterocycles. The minimum absolute atomic E-state index is 0.176. The smallest absolute Gasteiger partial charge is 0.387 e. The van der Waals surface area contributed by atoms with Gasteiger partial charge in [0.1, 0.15) is 6.33 Å². The Morgan fingerprint density at radius 3 is 2.71 bits per heavy atom. The molecule has 0 unspecified atom stereocenters. The third-order valence-corrected chi connectivity index (χ3v) is 1.55. The van der Waals surface area contributed by atoms with Gasteiger partial charge in [0.2, 0.25) is 0 Å². The van der Waals surface area contributed by atoms with E-state index in [1.165, 1.54) is 24.9 Å². The second-order valence-electron chi connectivity index (χ2n) is 2.43. The number of hydrogen-bond acceptors (Lipinski definition) is 5. The van der Waals surface area contributed by atoms with Crippen LogP contribution >= 0.6 is 0 Å². The van der Waals surface area contributed by atoms with E-state index < -0.39 is 5.76 Å². The van der Waals surface area contributed by atoms with Crippen molar-refractivity contribution in [3.8, 4) is 11.5 Å². The lowest BCUT2D eigenvalue weighted by Crippen LogP contribution is -2.08. The first-order valence-corrected chi connectivity index (χ1v) is 3.79. The minimum Gasteiger partial charge on any atom is -0.387 e. The highest BCUT2D eigenvalue weighted by molar-refractivity contribution is 5.48. The van der Waals surface area contributed by atoms with E-state index in [9.17, 15) is 4.79 Å². The van der Waals surface area contributed by atoms with Gasteiger partial charge in [-0.15, -0.1) is 5.10 Å². The first-order chi connectivity index (χ1) is 6.81. The van der Waals surface area contributed by atoms with E-state index in [-0.39, 0.29) is 5.89 Å². The van der Waals surface area contributed by atoms with Crippen molar-refractivity contribution in [2.45, 2.75) is 0 Å². The summed E-state index contributed by atoms with van der Waals surface area (Å²) in [4.78, 5) is 18.6. The summed E-state index contributed by atoms with van der Waals surface area (Å²) in [5, 5.41) is 3.84. The largest absolute Gasteiger partial charge is 0.441 e.